The monoisotopic (exact) mass is 401 g/mol. The number of ether oxygens (including phenoxy) is 1. The fourth-order valence-electron chi connectivity index (χ4n) is 4.19. The molecule has 0 bridgehead atoms. The summed E-state index contributed by atoms with van der Waals surface area (Å²) in [4.78, 5) is 31.1. The molecule has 29 heavy (non-hydrogen) atoms. The molecule has 0 radical (unpaired) electrons. The van der Waals surface area contributed by atoms with E-state index in [1.54, 1.807) is 4.90 Å². The second-order valence-electron chi connectivity index (χ2n) is 8.68. The first-order chi connectivity index (χ1) is 13.9. The highest BCUT2D eigenvalue weighted by atomic mass is 16.5. The normalized spacial score (nSPS) is 18.3. The van der Waals surface area contributed by atoms with E-state index in [4.69, 9.17) is 4.74 Å². The van der Waals surface area contributed by atoms with E-state index in [0.29, 0.717) is 18.0 Å². The van der Waals surface area contributed by atoms with E-state index in [1.807, 2.05) is 50.3 Å². The van der Waals surface area contributed by atoms with Crippen molar-refractivity contribution in [1.82, 2.24) is 14.7 Å². The van der Waals surface area contributed by atoms with E-state index < -0.39 is 0 Å². The van der Waals surface area contributed by atoms with Crippen LogP contribution >= 0.6 is 0 Å². The molecule has 1 aliphatic carbocycles. The number of carbonyl (C=O) groups is 2. The van der Waals surface area contributed by atoms with Gasteiger partial charge in [0, 0.05) is 57.5 Å². The largest absolute Gasteiger partial charge is 0.490 e. The van der Waals surface area contributed by atoms with Crippen LogP contribution in [-0.4, -0.2) is 79.9 Å². The lowest BCUT2D eigenvalue weighted by Crippen LogP contribution is -2.44. The summed E-state index contributed by atoms with van der Waals surface area (Å²) < 4.78 is 6.16. The molecule has 1 heterocycles. The molecular formula is C23H35N3O3. The second-order valence-corrected chi connectivity index (χ2v) is 8.68. The summed E-state index contributed by atoms with van der Waals surface area (Å²) in [5.41, 5.74) is 0.651. The summed E-state index contributed by atoms with van der Waals surface area (Å²) in [5, 5.41) is 0. The van der Waals surface area contributed by atoms with Gasteiger partial charge in [-0.2, -0.15) is 0 Å². The molecule has 6 heteroatoms. The predicted molar refractivity (Wildman–Crippen MR) is 114 cm³/mol. The van der Waals surface area contributed by atoms with Gasteiger partial charge in [0.2, 0.25) is 5.91 Å². The van der Waals surface area contributed by atoms with Crippen LogP contribution in [0, 0.1) is 5.92 Å². The zero-order chi connectivity index (χ0) is 20.8. The third-order valence-corrected chi connectivity index (χ3v) is 6.07. The number of nitrogens with zero attached hydrogens (tertiary/aromatic N) is 3. The van der Waals surface area contributed by atoms with Crippen LogP contribution in [0.5, 0.6) is 5.75 Å². The van der Waals surface area contributed by atoms with Gasteiger partial charge in [-0.05, 0) is 45.1 Å². The Morgan fingerprint density at radius 2 is 1.72 bits per heavy atom. The molecule has 0 N–H and O–H groups in total. The maximum atomic E-state index is 12.7. The molecule has 1 aliphatic heterocycles. The summed E-state index contributed by atoms with van der Waals surface area (Å²) in [6.45, 7) is 3.05. The van der Waals surface area contributed by atoms with Gasteiger partial charge in [0.1, 0.15) is 11.9 Å². The van der Waals surface area contributed by atoms with Gasteiger partial charge in [-0.25, -0.2) is 0 Å². The van der Waals surface area contributed by atoms with Crippen LogP contribution in [0.25, 0.3) is 0 Å². The minimum atomic E-state index is 0.00859. The first-order valence-electron chi connectivity index (χ1n) is 10.9. The predicted octanol–water partition coefficient (Wildman–Crippen LogP) is 2.88. The van der Waals surface area contributed by atoms with Gasteiger partial charge in [-0.15, -0.1) is 0 Å². The number of amides is 2. The summed E-state index contributed by atoms with van der Waals surface area (Å²) in [5.74, 6) is 1.33. The molecule has 0 unspecified atom stereocenters. The smallest absolute Gasteiger partial charge is 0.253 e. The van der Waals surface area contributed by atoms with E-state index in [0.717, 1.165) is 51.1 Å². The average Bonchev–Trinajstić information content (AvgIpc) is 3.26. The van der Waals surface area contributed by atoms with Crippen molar-refractivity contribution in [2.45, 2.75) is 44.6 Å². The molecule has 0 spiro atoms. The van der Waals surface area contributed by atoms with Crippen LogP contribution in [0.15, 0.2) is 24.3 Å². The van der Waals surface area contributed by atoms with Crippen molar-refractivity contribution in [2.75, 3.05) is 47.3 Å². The molecule has 6 nitrogen and oxygen atoms in total. The minimum Gasteiger partial charge on any atom is -0.490 e. The number of piperidine rings is 1. The Bertz CT molecular complexity index is 692. The minimum absolute atomic E-state index is 0.00859. The number of carbonyl (C=O) groups excluding carboxylic acids is 2. The van der Waals surface area contributed by atoms with Crippen molar-refractivity contribution in [3.8, 4) is 5.75 Å². The van der Waals surface area contributed by atoms with Gasteiger partial charge >= 0.3 is 0 Å². The van der Waals surface area contributed by atoms with Crippen LogP contribution in [0.2, 0.25) is 0 Å². The van der Waals surface area contributed by atoms with Crippen molar-refractivity contribution in [3.63, 3.8) is 0 Å². The summed E-state index contributed by atoms with van der Waals surface area (Å²) in [7, 11) is 5.83. The van der Waals surface area contributed by atoms with E-state index in [1.165, 1.54) is 12.8 Å². The molecule has 2 aliphatic rings. The third kappa shape index (κ3) is 5.95. The van der Waals surface area contributed by atoms with Crippen molar-refractivity contribution in [1.29, 1.82) is 0 Å². The maximum absolute atomic E-state index is 12.7. The standard InChI is InChI=1S/C23H35N3O3/c1-24(2)15-16-25(3)22(27)19-9-6-10-21(17-19)29-20-11-13-26(14-12-20)23(28)18-7-4-5-8-18/h6,9-10,17-18,20H,4-5,7-8,11-16H2,1-3H3. The van der Waals surface area contributed by atoms with E-state index in [2.05, 4.69) is 4.90 Å². The lowest BCUT2D eigenvalue weighted by molar-refractivity contribution is -0.137. The highest BCUT2D eigenvalue weighted by molar-refractivity contribution is 5.94. The number of likely N-dealkylation sites (N-methyl/N-ethyl adjacent to an activating group) is 2. The van der Waals surface area contributed by atoms with Crippen molar-refractivity contribution in [2.24, 2.45) is 5.92 Å². The van der Waals surface area contributed by atoms with E-state index >= 15 is 0 Å². The zero-order valence-electron chi connectivity index (χ0n) is 18.1. The summed E-state index contributed by atoms with van der Waals surface area (Å²) >= 11 is 0. The Morgan fingerprint density at radius 1 is 1.03 bits per heavy atom. The van der Waals surface area contributed by atoms with Crippen molar-refractivity contribution < 1.29 is 14.3 Å². The molecule has 160 valence electrons. The Hall–Kier alpha value is -2.08. The van der Waals surface area contributed by atoms with Crippen LogP contribution in [-0.2, 0) is 4.79 Å². The maximum Gasteiger partial charge on any atom is 0.253 e. The van der Waals surface area contributed by atoms with Crippen LogP contribution in [0.3, 0.4) is 0 Å². The number of rotatable bonds is 7. The zero-order valence-corrected chi connectivity index (χ0v) is 18.1. The average molecular weight is 402 g/mol. The molecule has 1 saturated heterocycles. The topological polar surface area (TPSA) is 53.1 Å². The number of benzene rings is 1. The molecule has 3 rings (SSSR count). The fraction of sp³-hybridized carbons (Fsp3) is 0.652. The first kappa shape index (κ1) is 21.6. The number of hydrogen-bond acceptors (Lipinski definition) is 4. The summed E-state index contributed by atoms with van der Waals surface area (Å²) in [6, 6.07) is 7.46. The van der Waals surface area contributed by atoms with Gasteiger partial charge in [0.15, 0.2) is 0 Å². The molecule has 0 atom stereocenters. The third-order valence-electron chi connectivity index (χ3n) is 6.07. The molecule has 1 aromatic carbocycles. The molecule has 2 fully saturated rings. The lowest BCUT2D eigenvalue weighted by atomic mass is 10.0. The SMILES string of the molecule is CN(C)CCN(C)C(=O)c1cccc(OC2CCN(C(=O)C3CCCC3)CC2)c1. The Kier molecular flexibility index (Phi) is 7.53. The lowest BCUT2D eigenvalue weighted by Gasteiger charge is -2.33. The molecule has 1 saturated carbocycles. The van der Waals surface area contributed by atoms with Gasteiger partial charge in [0.05, 0.1) is 0 Å². The molecule has 0 aromatic heterocycles. The Labute approximate surface area is 174 Å². The van der Waals surface area contributed by atoms with Crippen LogP contribution < -0.4 is 4.74 Å². The molecule has 1 aromatic rings. The van der Waals surface area contributed by atoms with Gasteiger partial charge in [-0.1, -0.05) is 18.9 Å². The summed E-state index contributed by atoms with van der Waals surface area (Å²) in [6.07, 6.45) is 6.28. The second kappa shape index (κ2) is 10.1. The van der Waals surface area contributed by atoms with Gasteiger partial charge < -0.3 is 19.4 Å². The van der Waals surface area contributed by atoms with Gasteiger partial charge in [0.25, 0.3) is 5.91 Å². The van der Waals surface area contributed by atoms with Crippen LogP contribution in [0.1, 0.15) is 48.9 Å². The Balaban J connectivity index is 1.50. The van der Waals surface area contributed by atoms with Crippen LogP contribution in [0.4, 0.5) is 0 Å². The van der Waals surface area contributed by atoms with Gasteiger partial charge in [-0.3, -0.25) is 9.59 Å². The Morgan fingerprint density at radius 3 is 2.38 bits per heavy atom. The number of hydrogen-bond donors (Lipinski definition) is 0. The number of likely N-dealkylation sites (tertiary alicyclic amines) is 1. The first-order valence-corrected chi connectivity index (χ1v) is 10.9. The van der Waals surface area contributed by atoms with E-state index in [-0.39, 0.29) is 17.9 Å². The highest BCUT2D eigenvalue weighted by Crippen LogP contribution is 2.28. The fourth-order valence-corrected chi connectivity index (χ4v) is 4.19. The highest BCUT2D eigenvalue weighted by Gasteiger charge is 2.30. The van der Waals surface area contributed by atoms with E-state index in [9.17, 15) is 9.59 Å². The molecule has 2 amide bonds. The molecular weight excluding hydrogens is 366 g/mol. The quantitative estimate of drug-likeness (QED) is 0.705. The van der Waals surface area contributed by atoms with Crippen molar-refractivity contribution in [3.05, 3.63) is 29.8 Å². The van der Waals surface area contributed by atoms with Crippen molar-refractivity contribution >= 4 is 11.8 Å².